The van der Waals surface area contributed by atoms with Crippen LogP contribution in [0.4, 0.5) is 0 Å². The zero-order chi connectivity index (χ0) is 21.1. The molecule has 2 saturated heterocycles. The lowest BCUT2D eigenvalue weighted by atomic mass is 9.95. The van der Waals surface area contributed by atoms with Crippen LogP contribution in [0.25, 0.3) is 11.4 Å². The molecule has 0 saturated carbocycles. The normalized spacial score (nSPS) is 17.5. The Bertz CT molecular complexity index is 968. The molecule has 0 radical (unpaired) electrons. The first-order valence-electron chi connectivity index (χ1n) is 10.8. The molecule has 3 heterocycles. The molecule has 0 spiro atoms. The largest absolute Gasteiger partial charge is 0.343 e. The van der Waals surface area contributed by atoms with E-state index in [0.717, 1.165) is 55.7 Å². The smallest absolute Gasteiger partial charge is 0.225 e. The van der Waals surface area contributed by atoms with Crippen LogP contribution in [0, 0.1) is 17.6 Å². The number of nitrogens with zero attached hydrogens (tertiary/aromatic N) is 4. The van der Waals surface area contributed by atoms with Crippen LogP contribution < -0.4 is 0 Å². The van der Waals surface area contributed by atoms with Gasteiger partial charge in [-0.3, -0.25) is 19.3 Å². The van der Waals surface area contributed by atoms with E-state index in [2.05, 4.69) is 16.3 Å². The lowest BCUT2D eigenvalue weighted by molar-refractivity contribution is -0.140. The minimum Gasteiger partial charge on any atom is -0.343 e. The van der Waals surface area contributed by atoms with Crippen molar-refractivity contribution in [3.63, 3.8) is 0 Å². The summed E-state index contributed by atoms with van der Waals surface area (Å²) in [5, 5.41) is 7.22. The Labute approximate surface area is 182 Å². The zero-order valence-corrected chi connectivity index (χ0v) is 18.3. The molecule has 0 bridgehead atoms. The summed E-state index contributed by atoms with van der Waals surface area (Å²) in [5.41, 5.74) is 2.13. The second-order valence-electron chi connectivity index (χ2n) is 8.31. The number of benzene rings is 1. The van der Waals surface area contributed by atoms with Crippen molar-refractivity contribution in [2.45, 2.75) is 45.6 Å². The maximum absolute atomic E-state index is 12.8. The molecule has 7 nitrogen and oxygen atoms in total. The van der Waals surface area contributed by atoms with Crippen molar-refractivity contribution in [3.05, 3.63) is 34.6 Å². The third kappa shape index (κ3) is 4.48. The molecule has 0 atom stereocenters. The van der Waals surface area contributed by atoms with Gasteiger partial charge in [0.25, 0.3) is 0 Å². The van der Waals surface area contributed by atoms with Crippen molar-refractivity contribution in [2.24, 2.45) is 5.92 Å². The number of H-pyrrole nitrogens is 1. The number of carbonyl (C=O) groups is 2. The number of carbonyl (C=O) groups excluding carboxylic acids is 2. The summed E-state index contributed by atoms with van der Waals surface area (Å²) in [7, 11) is 0. The van der Waals surface area contributed by atoms with E-state index >= 15 is 0 Å². The first-order valence-corrected chi connectivity index (χ1v) is 11.2. The molecular formula is C22H29N5O2S. The predicted octanol–water partition coefficient (Wildman–Crippen LogP) is 3.17. The number of aryl methyl sites for hydroxylation is 1. The van der Waals surface area contributed by atoms with Gasteiger partial charge in [-0.05, 0) is 50.9 Å². The van der Waals surface area contributed by atoms with Crippen LogP contribution >= 0.6 is 12.2 Å². The van der Waals surface area contributed by atoms with Gasteiger partial charge in [-0.15, -0.1) is 0 Å². The molecule has 4 rings (SSSR count). The van der Waals surface area contributed by atoms with Gasteiger partial charge < -0.3 is 9.80 Å². The highest BCUT2D eigenvalue weighted by molar-refractivity contribution is 7.71. The highest BCUT2D eigenvalue weighted by Crippen LogP contribution is 2.23. The number of amides is 2. The molecule has 30 heavy (non-hydrogen) atoms. The second kappa shape index (κ2) is 9.12. The van der Waals surface area contributed by atoms with Gasteiger partial charge in [-0.2, -0.15) is 5.10 Å². The number of aromatic amines is 1. The topological polar surface area (TPSA) is 74.2 Å². The maximum atomic E-state index is 12.8. The van der Waals surface area contributed by atoms with Gasteiger partial charge in [0, 0.05) is 50.6 Å². The summed E-state index contributed by atoms with van der Waals surface area (Å²) in [6.45, 7) is 5.63. The van der Waals surface area contributed by atoms with Crippen LogP contribution in [0.2, 0.25) is 0 Å². The number of piperidine rings is 1. The van der Waals surface area contributed by atoms with Crippen molar-refractivity contribution in [1.82, 2.24) is 24.6 Å². The first-order chi connectivity index (χ1) is 14.5. The number of rotatable bonds is 5. The maximum Gasteiger partial charge on any atom is 0.225 e. The lowest BCUT2D eigenvalue weighted by Gasteiger charge is -2.33. The van der Waals surface area contributed by atoms with Crippen LogP contribution in [0.5, 0.6) is 0 Å². The molecular weight excluding hydrogens is 398 g/mol. The highest BCUT2D eigenvalue weighted by Gasteiger charge is 2.31. The van der Waals surface area contributed by atoms with Crippen LogP contribution in [-0.2, 0) is 16.1 Å². The molecule has 2 aliphatic rings. The molecule has 2 aromatic rings. The van der Waals surface area contributed by atoms with Crippen molar-refractivity contribution < 1.29 is 9.59 Å². The molecule has 8 heteroatoms. The Morgan fingerprint density at radius 1 is 1.13 bits per heavy atom. The van der Waals surface area contributed by atoms with Gasteiger partial charge in [0.05, 0.1) is 0 Å². The average molecular weight is 428 g/mol. The van der Waals surface area contributed by atoms with Crippen molar-refractivity contribution in [3.8, 4) is 11.4 Å². The summed E-state index contributed by atoms with van der Waals surface area (Å²) >= 11 is 5.39. The molecule has 2 aliphatic heterocycles. The van der Waals surface area contributed by atoms with Crippen LogP contribution in [-0.4, -0.2) is 62.6 Å². The van der Waals surface area contributed by atoms with Crippen molar-refractivity contribution in [2.75, 3.05) is 26.2 Å². The third-order valence-electron chi connectivity index (χ3n) is 6.20. The molecule has 160 valence electrons. The van der Waals surface area contributed by atoms with Crippen LogP contribution in [0.1, 0.15) is 37.7 Å². The summed E-state index contributed by atoms with van der Waals surface area (Å²) in [6, 6.07) is 8.09. The van der Waals surface area contributed by atoms with E-state index in [9.17, 15) is 9.59 Å². The van der Waals surface area contributed by atoms with E-state index in [-0.39, 0.29) is 17.7 Å². The summed E-state index contributed by atoms with van der Waals surface area (Å²) < 4.78 is 2.42. The standard InChI is InChI=1S/C22H29N5O2S/c1-16-5-4-6-18(15-16)20-23-24-22(30)27(20)14-9-19(28)25-12-7-17(8-13-25)21(29)26-10-2-3-11-26/h4-6,15,17H,2-3,7-14H2,1H3,(H,24,30). The predicted molar refractivity (Wildman–Crippen MR) is 117 cm³/mol. The fourth-order valence-electron chi connectivity index (χ4n) is 4.47. The van der Waals surface area contributed by atoms with Gasteiger partial charge in [-0.1, -0.05) is 23.8 Å². The van der Waals surface area contributed by atoms with Crippen molar-refractivity contribution >= 4 is 24.0 Å². The summed E-state index contributed by atoms with van der Waals surface area (Å²) in [6.07, 6.45) is 4.13. The van der Waals surface area contributed by atoms with E-state index in [1.807, 2.05) is 39.5 Å². The van der Waals surface area contributed by atoms with Gasteiger partial charge in [0.1, 0.15) is 0 Å². The van der Waals surface area contributed by atoms with Gasteiger partial charge in [-0.25, -0.2) is 0 Å². The minimum absolute atomic E-state index is 0.0718. The third-order valence-corrected chi connectivity index (χ3v) is 6.51. The average Bonchev–Trinajstić information content (AvgIpc) is 3.42. The van der Waals surface area contributed by atoms with Gasteiger partial charge in [0.15, 0.2) is 10.6 Å². The van der Waals surface area contributed by atoms with Crippen molar-refractivity contribution in [1.29, 1.82) is 0 Å². The van der Waals surface area contributed by atoms with Crippen LogP contribution in [0.15, 0.2) is 24.3 Å². The zero-order valence-electron chi connectivity index (χ0n) is 17.5. The Balaban J connectivity index is 1.33. The number of hydrogen-bond donors (Lipinski definition) is 1. The van der Waals surface area contributed by atoms with E-state index in [4.69, 9.17) is 12.2 Å². The molecule has 0 aliphatic carbocycles. The second-order valence-corrected chi connectivity index (χ2v) is 8.70. The Kier molecular flexibility index (Phi) is 6.32. The van der Waals surface area contributed by atoms with Gasteiger partial charge >= 0.3 is 0 Å². The van der Waals surface area contributed by atoms with Crippen LogP contribution in [0.3, 0.4) is 0 Å². The number of nitrogens with one attached hydrogen (secondary N) is 1. The van der Waals surface area contributed by atoms with Gasteiger partial charge in [0.2, 0.25) is 11.8 Å². The Morgan fingerprint density at radius 3 is 2.57 bits per heavy atom. The SMILES string of the molecule is Cc1cccc(-c2n[nH]c(=S)n2CCC(=O)N2CCC(C(=O)N3CCCC3)CC2)c1. The monoisotopic (exact) mass is 427 g/mol. The molecule has 2 amide bonds. The Hall–Kier alpha value is -2.48. The molecule has 0 unspecified atom stereocenters. The van der Waals surface area contributed by atoms with E-state index < -0.39 is 0 Å². The molecule has 2 fully saturated rings. The Morgan fingerprint density at radius 2 is 1.87 bits per heavy atom. The fraction of sp³-hybridized carbons (Fsp3) is 0.545. The lowest BCUT2D eigenvalue weighted by Crippen LogP contribution is -2.43. The molecule has 1 N–H and O–H groups in total. The first kappa shape index (κ1) is 20.8. The molecule has 1 aromatic heterocycles. The molecule has 1 aromatic carbocycles. The van der Waals surface area contributed by atoms with E-state index in [1.165, 1.54) is 0 Å². The number of likely N-dealkylation sites (tertiary alicyclic amines) is 2. The quantitative estimate of drug-likeness (QED) is 0.744. The summed E-state index contributed by atoms with van der Waals surface area (Å²) in [5.74, 6) is 1.22. The highest BCUT2D eigenvalue weighted by atomic mass is 32.1. The minimum atomic E-state index is 0.0718. The van der Waals surface area contributed by atoms with E-state index in [1.54, 1.807) is 0 Å². The number of hydrogen-bond acceptors (Lipinski definition) is 4. The van der Waals surface area contributed by atoms with E-state index in [0.29, 0.717) is 30.8 Å². The summed E-state index contributed by atoms with van der Waals surface area (Å²) in [4.78, 5) is 29.3. The number of aromatic nitrogens is 3. The fourth-order valence-corrected chi connectivity index (χ4v) is 4.69.